The maximum absolute atomic E-state index is 11.7. The van der Waals surface area contributed by atoms with Crippen molar-refractivity contribution in [1.29, 1.82) is 0 Å². The number of rotatable bonds is 8. The van der Waals surface area contributed by atoms with Crippen molar-refractivity contribution in [1.82, 2.24) is 9.97 Å². The molecule has 2 aromatic rings. The molecule has 2 rings (SSSR count). The molecule has 0 bridgehead atoms. The normalized spacial score (nSPS) is 10.7. The standard InChI is InChI=1S/C17H16ClN3O8/c1-3-28-12-7-9(6-10(18)15(12)29-8-13(22)27-2)4-5-11-14(21(25)26)16(23)20-17(24)19-11/h4-7H,3,8H2,1-2H3,(H2,19,20,23,24)/b5-4+. The van der Waals surface area contributed by atoms with Crippen molar-refractivity contribution in [2.45, 2.75) is 6.92 Å². The van der Waals surface area contributed by atoms with Crippen molar-refractivity contribution in [2.24, 2.45) is 0 Å². The van der Waals surface area contributed by atoms with Crippen LogP contribution < -0.4 is 20.7 Å². The Balaban J connectivity index is 2.44. The molecule has 154 valence electrons. The third-order valence-electron chi connectivity index (χ3n) is 3.46. The predicted molar refractivity (Wildman–Crippen MR) is 103 cm³/mol. The summed E-state index contributed by atoms with van der Waals surface area (Å²) in [6.45, 7) is 1.61. The SMILES string of the molecule is CCOc1cc(/C=C/c2[nH]c(=O)[nH]c(=O)c2[N+](=O)[O-])cc(Cl)c1OCC(=O)OC. The molecule has 0 saturated heterocycles. The van der Waals surface area contributed by atoms with Crippen LogP contribution in [0.4, 0.5) is 5.69 Å². The Morgan fingerprint density at radius 1 is 1.24 bits per heavy atom. The summed E-state index contributed by atoms with van der Waals surface area (Å²) < 4.78 is 15.3. The Morgan fingerprint density at radius 3 is 2.59 bits per heavy atom. The van der Waals surface area contributed by atoms with Crippen LogP contribution in [-0.2, 0) is 9.53 Å². The molecule has 2 N–H and O–H groups in total. The second-order valence-electron chi connectivity index (χ2n) is 5.39. The molecule has 11 nitrogen and oxygen atoms in total. The van der Waals surface area contributed by atoms with Gasteiger partial charge in [0.25, 0.3) is 0 Å². The van der Waals surface area contributed by atoms with Gasteiger partial charge in [0.05, 0.1) is 23.7 Å². The second-order valence-corrected chi connectivity index (χ2v) is 5.80. The van der Waals surface area contributed by atoms with E-state index in [4.69, 9.17) is 21.1 Å². The largest absolute Gasteiger partial charge is 0.490 e. The predicted octanol–water partition coefficient (Wildman–Crippen LogP) is 1.75. The first-order valence-corrected chi connectivity index (χ1v) is 8.49. The number of aromatic nitrogens is 2. The topological polar surface area (TPSA) is 154 Å². The summed E-state index contributed by atoms with van der Waals surface area (Å²) in [6.07, 6.45) is 2.57. The highest BCUT2D eigenvalue weighted by molar-refractivity contribution is 6.32. The van der Waals surface area contributed by atoms with Gasteiger partial charge in [-0.3, -0.25) is 19.9 Å². The number of carbonyl (C=O) groups excluding carboxylic acids is 1. The van der Waals surface area contributed by atoms with E-state index in [9.17, 15) is 24.5 Å². The molecule has 1 heterocycles. The fraction of sp³-hybridized carbons (Fsp3) is 0.235. The average Bonchev–Trinajstić information content (AvgIpc) is 2.64. The zero-order chi connectivity index (χ0) is 21.6. The molecule has 0 aliphatic heterocycles. The van der Waals surface area contributed by atoms with Crippen molar-refractivity contribution in [3.63, 3.8) is 0 Å². The molecule has 0 amide bonds. The molecule has 0 aliphatic rings. The Kier molecular flexibility index (Phi) is 7.15. The van der Waals surface area contributed by atoms with Crippen LogP contribution in [0.1, 0.15) is 18.2 Å². The van der Waals surface area contributed by atoms with Gasteiger partial charge in [-0.05, 0) is 30.7 Å². The van der Waals surface area contributed by atoms with E-state index in [1.165, 1.54) is 31.4 Å². The van der Waals surface area contributed by atoms with E-state index in [2.05, 4.69) is 9.72 Å². The van der Waals surface area contributed by atoms with E-state index < -0.39 is 27.8 Å². The Morgan fingerprint density at radius 2 is 1.97 bits per heavy atom. The minimum absolute atomic E-state index is 0.105. The number of ether oxygens (including phenoxy) is 3. The number of methoxy groups -OCH3 is 1. The van der Waals surface area contributed by atoms with Crippen LogP contribution in [-0.4, -0.2) is 41.2 Å². The number of nitro groups is 1. The van der Waals surface area contributed by atoms with Crippen LogP contribution in [0.3, 0.4) is 0 Å². The Hall–Kier alpha value is -3.60. The molecule has 0 spiro atoms. The van der Waals surface area contributed by atoms with Gasteiger partial charge < -0.3 is 19.2 Å². The van der Waals surface area contributed by atoms with Gasteiger partial charge in [-0.2, -0.15) is 0 Å². The van der Waals surface area contributed by atoms with E-state index in [1.807, 2.05) is 0 Å². The molecule has 0 saturated carbocycles. The number of H-pyrrole nitrogens is 2. The highest BCUT2D eigenvalue weighted by atomic mass is 35.5. The summed E-state index contributed by atoms with van der Waals surface area (Å²) in [5.74, 6) is -0.276. The van der Waals surface area contributed by atoms with Gasteiger partial charge >= 0.3 is 22.9 Å². The Labute approximate surface area is 168 Å². The number of benzene rings is 1. The van der Waals surface area contributed by atoms with Crippen LogP contribution in [0, 0.1) is 10.1 Å². The summed E-state index contributed by atoms with van der Waals surface area (Å²) >= 11 is 6.20. The molecular formula is C17H16ClN3O8. The molecule has 12 heteroatoms. The monoisotopic (exact) mass is 425 g/mol. The fourth-order valence-corrected chi connectivity index (χ4v) is 2.53. The number of halogens is 1. The van der Waals surface area contributed by atoms with Crippen LogP contribution in [0.5, 0.6) is 11.5 Å². The average molecular weight is 426 g/mol. The zero-order valence-electron chi connectivity index (χ0n) is 15.3. The number of nitrogens with one attached hydrogen (secondary N) is 2. The molecule has 0 aliphatic carbocycles. The maximum Gasteiger partial charge on any atom is 0.357 e. The summed E-state index contributed by atoms with van der Waals surface area (Å²) in [7, 11) is 1.21. The lowest BCUT2D eigenvalue weighted by atomic mass is 10.1. The van der Waals surface area contributed by atoms with Gasteiger partial charge in [-0.1, -0.05) is 17.7 Å². The molecule has 1 aromatic carbocycles. The lowest BCUT2D eigenvalue weighted by molar-refractivity contribution is -0.386. The van der Waals surface area contributed by atoms with E-state index in [0.717, 1.165) is 0 Å². The first-order valence-electron chi connectivity index (χ1n) is 8.11. The molecular weight excluding hydrogens is 410 g/mol. The van der Waals surface area contributed by atoms with E-state index >= 15 is 0 Å². The zero-order valence-corrected chi connectivity index (χ0v) is 16.1. The third-order valence-corrected chi connectivity index (χ3v) is 3.74. The summed E-state index contributed by atoms with van der Waals surface area (Å²) in [4.78, 5) is 48.5. The van der Waals surface area contributed by atoms with Crippen LogP contribution in [0.25, 0.3) is 12.2 Å². The minimum atomic E-state index is -1.13. The number of esters is 1. The Bertz CT molecular complexity index is 1070. The fourth-order valence-electron chi connectivity index (χ4n) is 2.26. The van der Waals surface area contributed by atoms with Gasteiger partial charge in [-0.15, -0.1) is 0 Å². The van der Waals surface area contributed by atoms with Crippen LogP contribution >= 0.6 is 11.6 Å². The van der Waals surface area contributed by atoms with E-state index in [0.29, 0.717) is 5.56 Å². The van der Waals surface area contributed by atoms with Gasteiger partial charge in [-0.25, -0.2) is 9.59 Å². The van der Waals surface area contributed by atoms with Crippen molar-refractivity contribution in [2.75, 3.05) is 20.3 Å². The lowest BCUT2D eigenvalue weighted by Crippen LogP contribution is -2.25. The highest BCUT2D eigenvalue weighted by Crippen LogP contribution is 2.37. The smallest absolute Gasteiger partial charge is 0.357 e. The van der Waals surface area contributed by atoms with Gasteiger partial charge in [0.2, 0.25) is 0 Å². The summed E-state index contributed by atoms with van der Waals surface area (Å²) in [6, 6.07) is 2.96. The van der Waals surface area contributed by atoms with Gasteiger partial charge in [0.1, 0.15) is 5.69 Å². The van der Waals surface area contributed by atoms with Gasteiger partial charge in [0.15, 0.2) is 18.1 Å². The number of hydrogen-bond donors (Lipinski definition) is 2. The summed E-state index contributed by atoms with van der Waals surface area (Å²) in [5, 5.41) is 11.2. The molecule has 0 fully saturated rings. The summed E-state index contributed by atoms with van der Waals surface area (Å²) in [5.41, 5.74) is -2.68. The number of nitrogens with zero attached hydrogens (tertiary/aromatic N) is 1. The minimum Gasteiger partial charge on any atom is -0.490 e. The number of aromatic amines is 2. The van der Waals surface area contributed by atoms with Crippen molar-refractivity contribution >= 4 is 35.4 Å². The quantitative estimate of drug-likeness (QED) is 0.368. The highest BCUT2D eigenvalue weighted by Gasteiger charge is 2.19. The second kappa shape index (κ2) is 9.55. The van der Waals surface area contributed by atoms with E-state index in [-0.39, 0.29) is 35.4 Å². The first-order chi connectivity index (χ1) is 13.8. The van der Waals surface area contributed by atoms with Crippen molar-refractivity contribution in [3.05, 3.63) is 59.4 Å². The van der Waals surface area contributed by atoms with Crippen LogP contribution in [0.2, 0.25) is 5.02 Å². The van der Waals surface area contributed by atoms with Gasteiger partial charge in [0, 0.05) is 0 Å². The molecule has 0 unspecified atom stereocenters. The molecule has 0 radical (unpaired) electrons. The lowest BCUT2D eigenvalue weighted by Gasteiger charge is -2.13. The van der Waals surface area contributed by atoms with Crippen molar-refractivity contribution < 1.29 is 23.9 Å². The number of hydrogen-bond acceptors (Lipinski definition) is 8. The first kappa shape index (κ1) is 21.7. The number of carbonyl (C=O) groups is 1. The van der Waals surface area contributed by atoms with E-state index in [1.54, 1.807) is 11.9 Å². The molecule has 0 atom stereocenters. The van der Waals surface area contributed by atoms with Crippen LogP contribution in [0.15, 0.2) is 21.7 Å². The molecule has 1 aromatic heterocycles. The third kappa shape index (κ3) is 5.45. The molecule has 29 heavy (non-hydrogen) atoms. The van der Waals surface area contributed by atoms with Crippen molar-refractivity contribution in [3.8, 4) is 11.5 Å². The maximum atomic E-state index is 11.7.